The van der Waals surface area contributed by atoms with Crippen LogP contribution in [0.25, 0.3) is 64.0 Å². The monoisotopic (exact) mass is 659 g/mol. The Hall–Kier alpha value is -5.51. The number of nitrogens with zero attached hydrogens (tertiary/aromatic N) is 1. The van der Waals surface area contributed by atoms with Crippen molar-refractivity contribution >= 4 is 75.6 Å². The van der Waals surface area contributed by atoms with Crippen LogP contribution in [0.2, 0.25) is 0 Å². The van der Waals surface area contributed by atoms with E-state index in [1.54, 1.807) is 0 Å². The van der Waals surface area contributed by atoms with E-state index in [-0.39, 0.29) is 11.8 Å². The number of rotatable bonds is 3. The first-order valence-corrected chi connectivity index (χ1v) is 18.6. The van der Waals surface area contributed by atoms with Gasteiger partial charge in [-0.2, -0.15) is 0 Å². The second kappa shape index (κ2) is 10.7. The van der Waals surface area contributed by atoms with Crippen LogP contribution in [0.5, 0.6) is 0 Å². The molecule has 2 nitrogen and oxygen atoms in total. The van der Waals surface area contributed by atoms with Crippen LogP contribution in [0.4, 0.5) is 5.69 Å². The predicted octanol–water partition coefficient (Wildman–Crippen LogP) is 13.4. The molecule has 2 aliphatic rings. The smallest absolute Gasteiger partial charge is 0.144 e. The lowest BCUT2D eigenvalue weighted by Gasteiger charge is -2.41. The molecule has 3 unspecified atom stereocenters. The fraction of sp³-hybridized carbons (Fsp3) is 0.128. The number of furan rings is 1. The highest BCUT2D eigenvalue weighted by Gasteiger charge is 2.42. The van der Waals surface area contributed by atoms with Crippen molar-refractivity contribution in [3.8, 4) is 11.1 Å². The van der Waals surface area contributed by atoms with Gasteiger partial charge in [-0.3, -0.25) is 4.99 Å². The maximum atomic E-state index is 6.68. The van der Waals surface area contributed by atoms with Crippen LogP contribution < -0.4 is 0 Å². The zero-order valence-corrected chi connectivity index (χ0v) is 28.5. The van der Waals surface area contributed by atoms with Crippen LogP contribution in [0, 0.1) is 5.92 Å². The Labute approximate surface area is 294 Å². The molecule has 0 bridgehead atoms. The van der Waals surface area contributed by atoms with Crippen molar-refractivity contribution in [2.75, 3.05) is 0 Å². The minimum absolute atomic E-state index is 0.173. The Kier molecular flexibility index (Phi) is 6.09. The first-order chi connectivity index (χ1) is 24.7. The van der Waals surface area contributed by atoms with E-state index in [2.05, 4.69) is 146 Å². The fourth-order valence-corrected chi connectivity index (χ4v) is 10.5. The van der Waals surface area contributed by atoms with Gasteiger partial charge in [0.15, 0.2) is 0 Å². The molecule has 1 aliphatic heterocycles. The number of thiophene rings is 1. The molecule has 3 heteroatoms. The third-order valence-corrected chi connectivity index (χ3v) is 12.6. The molecule has 1 aliphatic carbocycles. The molecule has 0 radical (unpaired) electrons. The number of hydrogen-bond donors (Lipinski definition) is 0. The molecule has 2 aromatic heterocycles. The van der Waals surface area contributed by atoms with Crippen LogP contribution in [0.1, 0.15) is 47.4 Å². The topological polar surface area (TPSA) is 25.5 Å². The van der Waals surface area contributed by atoms with Gasteiger partial charge < -0.3 is 4.42 Å². The molecule has 7 aromatic carbocycles. The molecular formula is C47H33NOS. The van der Waals surface area contributed by atoms with Gasteiger partial charge in [-0.25, -0.2) is 0 Å². The highest BCUT2D eigenvalue weighted by Crippen LogP contribution is 2.54. The van der Waals surface area contributed by atoms with Crippen molar-refractivity contribution in [2.24, 2.45) is 10.9 Å². The summed E-state index contributed by atoms with van der Waals surface area (Å²) < 4.78 is 9.41. The van der Waals surface area contributed by atoms with E-state index in [1.807, 2.05) is 11.3 Å². The Morgan fingerprint density at radius 1 is 0.620 bits per heavy atom. The summed E-state index contributed by atoms with van der Waals surface area (Å²) in [5.41, 5.74) is 12.2. The molecule has 9 aromatic rings. The molecule has 3 heterocycles. The summed E-state index contributed by atoms with van der Waals surface area (Å²) in [6, 6.07) is 51.5. The molecule has 0 amide bonds. The summed E-state index contributed by atoms with van der Waals surface area (Å²) in [5, 5.41) is 7.63. The lowest BCUT2D eigenvalue weighted by Crippen LogP contribution is -2.34. The zero-order valence-electron chi connectivity index (χ0n) is 27.7. The third kappa shape index (κ3) is 4.04. The number of aliphatic imine (C=N–C) groups is 1. The molecule has 0 fully saturated rings. The van der Waals surface area contributed by atoms with E-state index < -0.39 is 0 Å². The molecule has 0 saturated heterocycles. The van der Waals surface area contributed by atoms with Crippen molar-refractivity contribution in [1.82, 2.24) is 0 Å². The molecule has 0 spiro atoms. The van der Waals surface area contributed by atoms with E-state index in [9.17, 15) is 0 Å². The van der Waals surface area contributed by atoms with E-state index in [0.29, 0.717) is 5.92 Å². The highest BCUT2D eigenvalue weighted by atomic mass is 32.1. The predicted molar refractivity (Wildman–Crippen MR) is 212 cm³/mol. The van der Waals surface area contributed by atoms with Crippen molar-refractivity contribution in [1.29, 1.82) is 0 Å². The summed E-state index contributed by atoms with van der Waals surface area (Å²) >= 11 is 1.93. The number of para-hydroxylation sites is 3. The Morgan fingerprint density at radius 3 is 2.22 bits per heavy atom. The largest absolute Gasteiger partial charge is 0.455 e. The minimum atomic E-state index is 0.173. The summed E-state index contributed by atoms with van der Waals surface area (Å²) in [4.78, 5) is 5.58. The van der Waals surface area contributed by atoms with Crippen LogP contribution in [-0.4, -0.2) is 5.71 Å². The Morgan fingerprint density at radius 2 is 1.32 bits per heavy atom. The molecule has 11 rings (SSSR count). The first kappa shape index (κ1) is 28.3. The average molecular weight is 660 g/mol. The average Bonchev–Trinajstić information content (AvgIpc) is 3.72. The van der Waals surface area contributed by atoms with Gasteiger partial charge in [-0.1, -0.05) is 104 Å². The van der Waals surface area contributed by atoms with Crippen molar-refractivity contribution < 1.29 is 4.42 Å². The molecular weight excluding hydrogens is 627 g/mol. The van der Waals surface area contributed by atoms with Crippen LogP contribution in [0.15, 0.2) is 149 Å². The van der Waals surface area contributed by atoms with Gasteiger partial charge in [0, 0.05) is 42.4 Å². The van der Waals surface area contributed by atoms with Gasteiger partial charge in [0.2, 0.25) is 0 Å². The Balaban J connectivity index is 1.14. The summed E-state index contributed by atoms with van der Waals surface area (Å²) in [5.74, 6) is 0.745. The maximum absolute atomic E-state index is 6.68. The van der Waals surface area contributed by atoms with Crippen molar-refractivity contribution in [2.45, 2.75) is 31.6 Å². The maximum Gasteiger partial charge on any atom is 0.144 e. The highest BCUT2D eigenvalue weighted by molar-refractivity contribution is 7.25. The van der Waals surface area contributed by atoms with Crippen LogP contribution in [0.3, 0.4) is 0 Å². The van der Waals surface area contributed by atoms with E-state index in [0.717, 1.165) is 51.7 Å². The van der Waals surface area contributed by atoms with Gasteiger partial charge >= 0.3 is 0 Å². The van der Waals surface area contributed by atoms with Crippen LogP contribution >= 0.6 is 11.3 Å². The van der Waals surface area contributed by atoms with E-state index >= 15 is 0 Å². The SMILES string of the molecule is CCC1c2ccccc2N=C(c2cccc3c2oc2ccccc23)C1C1Cc2cc3sc4cc5ccccc5cc4c3cc2-c2ccccc21. The standard InChI is InChI=1S/C47H33NOS/c1-2-30-33-16-7-9-20-41(33)48-46(36-19-11-18-35-34-17-8-10-21-42(34)49-47(35)36)45(30)40-23-29-25-44-39(26-37(29)31-14-5-6-15-32(31)40)38-22-27-12-3-4-13-28(27)24-43(38)50-44/h3-22,24-26,30,40,45H,2,23H2,1H3. The zero-order chi connectivity index (χ0) is 32.9. The second-order valence-corrected chi connectivity index (χ2v) is 15.2. The van der Waals surface area contributed by atoms with E-state index in [1.165, 1.54) is 58.8 Å². The molecule has 0 saturated carbocycles. The normalized spacial score (nSPS) is 18.4. The summed E-state index contributed by atoms with van der Waals surface area (Å²) in [7, 11) is 0. The van der Waals surface area contributed by atoms with Gasteiger partial charge in [0.1, 0.15) is 11.2 Å². The minimum Gasteiger partial charge on any atom is -0.455 e. The summed E-state index contributed by atoms with van der Waals surface area (Å²) in [6.07, 6.45) is 2.00. The molecule has 238 valence electrons. The Bertz CT molecular complexity index is 2870. The number of benzene rings is 7. The quantitative estimate of drug-likeness (QED) is 0.185. The van der Waals surface area contributed by atoms with Gasteiger partial charge in [-0.05, 0) is 106 Å². The van der Waals surface area contributed by atoms with Crippen molar-refractivity contribution in [3.63, 3.8) is 0 Å². The molecule has 3 atom stereocenters. The number of hydrogen-bond acceptors (Lipinski definition) is 3. The van der Waals surface area contributed by atoms with Gasteiger partial charge in [-0.15, -0.1) is 11.3 Å². The molecule has 0 N–H and O–H groups in total. The van der Waals surface area contributed by atoms with Gasteiger partial charge in [0.25, 0.3) is 0 Å². The van der Waals surface area contributed by atoms with E-state index in [4.69, 9.17) is 9.41 Å². The fourth-order valence-electron chi connectivity index (χ4n) is 9.33. The van der Waals surface area contributed by atoms with Crippen molar-refractivity contribution in [3.05, 3.63) is 162 Å². The first-order valence-electron chi connectivity index (χ1n) is 17.8. The lowest BCUT2D eigenvalue weighted by atomic mass is 9.64. The summed E-state index contributed by atoms with van der Waals surface area (Å²) in [6.45, 7) is 2.35. The van der Waals surface area contributed by atoms with Crippen LogP contribution in [-0.2, 0) is 6.42 Å². The lowest BCUT2D eigenvalue weighted by molar-refractivity contribution is 0.427. The molecule has 50 heavy (non-hydrogen) atoms. The second-order valence-electron chi connectivity index (χ2n) is 14.1. The number of fused-ring (bicyclic) bond motifs is 11. The third-order valence-electron chi connectivity index (χ3n) is 11.5. The van der Waals surface area contributed by atoms with Gasteiger partial charge in [0.05, 0.1) is 11.4 Å².